The first-order valence-corrected chi connectivity index (χ1v) is 11.1. The second-order valence-electron chi connectivity index (χ2n) is 6.82. The number of para-hydroxylation sites is 1. The molecule has 2 N–H and O–H groups in total. The smallest absolute Gasteiger partial charge is 0.261 e. The minimum atomic E-state index is -3.95. The summed E-state index contributed by atoms with van der Waals surface area (Å²) in [5, 5.41) is 2.93. The Balaban J connectivity index is 1.81. The van der Waals surface area contributed by atoms with Crippen LogP contribution in [0.1, 0.15) is 35.3 Å². The van der Waals surface area contributed by atoms with Gasteiger partial charge in [0.2, 0.25) is 0 Å². The maximum absolute atomic E-state index is 13.1. The molecule has 0 aliphatic heterocycles. The van der Waals surface area contributed by atoms with Crippen LogP contribution in [0, 0.1) is 5.82 Å². The van der Waals surface area contributed by atoms with Crippen LogP contribution in [-0.2, 0) is 10.0 Å². The average Bonchev–Trinajstić information content (AvgIpc) is 2.78. The number of amides is 1. The number of rotatable bonds is 8. The number of carbonyl (C=O) groups is 1. The molecular formula is C23H23FN2O4S. The van der Waals surface area contributed by atoms with Gasteiger partial charge in [0.15, 0.2) is 0 Å². The van der Waals surface area contributed by atoms with Crippen LogP contribution in [0.5, 0.6) is 5.75 Å². The lowest BCUT2D eigenvalue weighted by Crippen LogP contribution is -2.28. The number of sulfonamides is 1. The van der Waals surface area contributed by atoms with Gasteiger partial charge in [0.25, 0.3) is 15.9 Å². The van der Waals surface area contributed by atoms with Crippen molar-refractivity contribution in [2.45, 2.75) is 24.3 Å². The Kier molecular flexibility index (Phi) is 6.91. The quantitative estimate of drug-likeness (QED) is 0.537. The molecule has 0 heterocycles. The summed E-state index contributed by atoms with van der Waals surface area (Å²) in [6, 6.07) is 17.8. The van der Waals surface area contributed by atoms with E-state index < -0.39 is 21.7 Å². The van der Waals surface area contributed by atoms with Crippen molar-refractivity contribution >= 4 is 21.6 Å². The van der Waals surface area contributed by atoms with Crippen molar-refractivity contribution < 1.29 is 22.3 Å². The highest BCUT2D eigenvalue weighted by atomic mass is 32.2. The van der Waals surface area contributed by atoms with Gasteiger partial charge in [-0.15, -0.1) is 0 Å². The standard InChI is InChI=1S/C23H23FN2O4S/c1-3-21(20-9-4-5-10-22(20)30-2)25-23(27)16-7-6-8-19(15-16)31(28,29)26-18-13-11-17(24)12-14-18/h4-15,21,26H,3H2,1-2H3,(H,25,27). The molecule has 0 spiro atoms. The summed E-state index contributed by atoms with van der Waals surface area (Å²) < 4.78 is 46.2. The van der Waals surface area contributed by atoms with Crippen LogP contribution in [0.25, 0.3) is 0 Å². The minimum absolute atomic E-state index is 0.0742. The van der Waals surface area contributed by atoms with Gasteiger partial charge in [0, 0.05) is 16.8 Å². The Morgan fingerprint density at radius 1 is 1.03 bits per heavy atom. The highest BCUT2D eigenvalue weighted by Gasteiger charge is 2.20. The number of carbonyl (C=O) groups excluding carboxylic acids is 1. The van der Waals surface area contributed by atoms with Crippen LogP contribution in [-0.4, -0.2) is 21.4 Å². The Labute approximate surface area is 181 Å². The molecule has 1 atom stereocenters. The van der Waals surface area contributed by atoms with Gasteiger partial charge in [-0.1, -0.05) is 31.2 Å². The van der Waals surface area contributed by atoms with Gasteiger partial charge in [-0.05, 0) is 55.0 Å². The van der Waals surface area contributed by atoms with Crippen molar-refractivity contribution in [3.8, 4) is 5.75 Å². The van der Waals surface area contributed by atoms with Crippen molar-refractivity contribution in [1.82, 2.24) is 5.32 Å². The second-order valence-corrected chi connectivity index (χ2v) is 8.50. The Morgan fingerprint density at radius 2 is 1.74 bits per heavy atom. The first-order chi connectivity index (χ1) is 14.8. The Morgan fingerprint density at radius 3 is 2.42 bits per heavy atom. The number of hydrogen-bond donors (Lipinski definition) is 2. The molecule has 3 rings (SSSR count). The van der Waals surface area contributed by atoms with Crippen molar-refractivity contribution in [3.05, 3.63) is 89.7 Å². The van der Waals surface area contributed by atoms with E-state index in [-0.39, 0.29) is 22.2 Å². The highest BCUT2D eigenvalue weighted by Crippen LogP contribution is 2.27. The topological polar surface area (TPSA) is 84.5 Å². The highest BCUT2D eigenvalue weighted by molar-refractivity contribution is 7.92. The van der Waals surface area contributed by atoms with Crippen molar-refractivity contribution in [2.75, 3.05) is 11.8 Å². The van der Waals surface area contributed by atoms with Gasteiger partial charge >= 0.3 is 0 Å². The molecule has 1 amide bonds. The van der Waals surface area contributed by atoms with E-state index in [1.165, 1.54) is 30.3 Å². The predicted octanol–water partition coefficient (Wildman–Crippen LogP) is 4.52. The van der Waals surface area contributed by atoms with Crippen LogP contribution >= 0.6 is 0 Å². The van der Waals surface area contributed by atoms with Crippen LogP contribution in [0.4, 0.5) is 10.1 Å². The summed E-state index contributed by atoms with van der Waals surface area (Å²) >= 11 is 0. The third-order valence-electron chi connectivity index (χ3n) is 4.73. The van der Waals surface area contributed by atoms with E-state index in [4.69, 9.17) is 4.74 Å². The maximum atomic E-state index is 13.1. The zero-order valence-electron chi connectivity index (χ0n) is 17.1. The van der Waals surface area contributed by atoms with Crippen LogP contribution in [0.2, 0.25) is 0 Å². The Bertz CT molecular complexity index is 1160. The average molecular weight is 443 g/mol. The number of ether oxygens (including phenoxy) is 1. The van der Waals surface area contributed by atoms with Crippen LogP contribution < -0.4 is 14.8 Å². The molecule has 0 fully saturated rings. The summed E-state index contributed by atoms with van der Waals surface area (Å²) in [5.74, 6) is -0.215. The van der Waals surface area contributed by atoms with Gasteiger partial charge in [-0.2, -0.15) is 0 Å². The van der Waals surface area contributed by atoms with Gasteiger partial charge < -0.3 is 10.1 Å². The van der Waals surface area contributed by atoms with Crippen LogP contribution in [0.3, 0.4) is 0 Å². The lowest BCUT2D eigenvalue weighted by atomic mass is 10.0. The van der Waals surface area contributed by atoms with E-state index in [0.717, 1.165) is 17.7 Å². The molecule has 0 radical (unpaired) electrons. The van der Waals surface area contributed by atoms with Gasteiger partial charge in [-0.25, -0.2) is 12.8 Å². The number of halogens is 1. The van der Waals surface area contributed by atoms with E-state index in [2.05, 4.69) is 10.0 Å². The number of benzene rings is 3. The van der Waals surface area contributed by atoms with E-state index in [1.54, 1.807) is 13.2 Å². The monoisotopic (exact) mass is 442 g/mol. The Hall–Kier alpha value is -3.39. The first-order valence-electron chi connectivity index (χ1n) is 9.66. The fraction of sp³-hybridized carbons (Fsp3) is 0.174. The molecule has 0 saturated carbocycles. The number of hydrogen-bond acceptors (Lipinski definition) is 4. The van der Waals surface area contributed by atoms with E-state index in [1.807, 2.05) is 31.2 Å². The maximum Gasteiger partial charge on any atom is 0.261 e. The molecule has 31 heavy (non-hydrogen) atoms. The molecule has 3 aromatic carbocycles. The summed E-state index contributed by atoms with van der Waals surface area (Å²) in [6.07, 6.45) is 0.621. The van der Waals surface area contributed by atoms with Gasteiger partial charge in [0.1, 0.15) is 11.6 Å². The molecule has 0 aliphatic carbocycles. The summed E-state index contributed by atoms with van der Waals surface area (Å²) in [5.41, 5.74) is 1.26. The van der Waals surface area contributed by atoms with Crippen LogP contribution in [0.15, 0.2) is 77.7 Å². The van der Waals surface area contributed by atoms with Crippen molar-refractivity contribution in [3.63, 3.8) is 0 Å². The number of anilines is 1. The number of methoxy groups -OCH3 is 1. The normalized spacial score (nSPS) is 12.1. The summed E-state index contributed by atoms with van der Waals surface area (Å²) in [4.78, 5) is 12.8. The fourth-order valence-electron chi connectivity index (χ4n) is 3.13. The van der Waals surface area contributed by atoms with Crippen molar-refractivity contribution in [2.24, 2.45) is 0 Å². The molecule has 162 valence electrons. The van der Waals surface area contributed by atoms with Gasteiger partial charge in [-0.3, -0.25) is 9.52 Å². The molecule has 6 nitrogen and oxygen atoms in total. The molecule has 0 bridgehead atoms. The minimum Gasteiger partial charge on any atom is -0.496 e. The molecular weight excluding hydrogens is 419 g/mol. The van der Waals surface area contributed by atoms with Gasteiger partial charge in [0.05, 0.1) is 18.0 Å². The summed E-state index contributed by atoms with van der Waals surface area (Å²) in [6.45, 7) is 1.94. The SMILES string of the molecule is CCC(NC(=O)c1cccc(S(=O)(=O)Nc2ccc(F)cc2)c1)c1ccccc1OC. The predicted molar refractivity (Wildman–Crippen MR) is 117 cm³/mol. The largest absolute Gasteiger partial charge is 0.496 e. The van der Waals surface area contributed by atoms with E-state index in [9.17, 15) is 17.6 Å². The molecule has 8 heteroatoms. The third-order valence-corrected chi connectivity index (χ3v) is 6.11. The molecule has 0 aromatic heterocycles. The first kappa shape index (κ1) is 22.3. The van der Waals surface area contributed by atoms with Crippen molar-refractivity contribution in [1.29, 1.82) is 0 Å². The summed E-state index contributed by atoms with van der Waals surface area (Å²) in [7, 11) is -2.39. The zero-order chi connectivity index (χ0) is 22.4. The molecule has 0 saturated heterocycles. The molecule has 3 aromatic rings. The number of nitrogens with one attached hydrogen (secondary N) is 2. The zero-order valence-corrected chi connectivity index (χ0v) is 17.9. The lowest BCUT2D eigenvalue weighted by molar-refractivity contribution is 0.0935. The van der Waals surface area contributed by atoms with E-state index >= 15 is 0 Å². The lowest BCUT2D eigenvalue weighted by Gasteiger charge is -2.20. The second kappa shape index (κ2) is 9.61. The molecule has 0 aliphatic rings. The molecule has 1 unspecified atom stereocenters. The van der Waals surface area contributed by atoms with E-state index in [0.29, 0.717) is 12.2 Å². The fourth-order valence-corrected chi connectivity index (χ4v) is 4.24. The third kappa shape index (κ3) is 5.40.